The van der Waals surface area contributed by atoms with Gasteiger partial charge in [-0.15, -0.1) is 0 Å². The third kappa shape index (κ3) is 3.65. The summed E-state index contributed by atoms with van der Waals surface area (Å²) in [6, 6.07) is 6.45. The fraction of sp³-hybridized carbons (Fsp3) is 0.250. The molecule has 1 aromatic rings. The van der Waals surface area contributed by atoms with E-state index < -0.39 is 0 Å². The number of amides is 1. The molecule has 0 aromatic heterocycles. The lowest BCUT2D eigenvalue weighted by Gasteiger charge is -2.03. The summed E-state index contributed by atoms with van der Waals surface area (Å²) in [5, 5.41) is 2.59. The second-order valence-electron chi connectivity index (χ2n) is 3.56. The Bertz CT molecular complexity index is 420. The third-order valence-electron chi connectivity index (χ3n) is 1.94. The molecule has 0 heterocycles. The highest BCUT2D eigenvalue weighted by Crippen LogP contribution is 2.11. The molecule has 1 N–H and O–H groups in total. The van der Waals surface area contributed by atoms with Gasteiger partial charge in [-0.2, -0.15) is 0 Å². The van der Waals surface area contributed by atoms with Crippen LogP contribution >= 0.6 is 0 Å². The quantitative estimate of drug-likeness (QED) is 0.620. The first kappa shape index (κ1) is 12.1. The van der Waals surface area contributed by atoms with Crippen molar-refractivity contribution in [1.29, 1.82) is 0 Å². The maximum Gasteiger partial charge on any atom is 0.221 e. The van der Waals surface area contributed by atoms with Gasteiger partial charge in [0, 0.05) is 18.2 Å². The Morgan fingerprint density at radius 3 is 2.06 bits per heavy atom. The van der Waals surface area contributed by atoms with Gasteiger partial charge in [-0.25, -0.2) is 0 Å². The Morgan fingerprint density at radius 1 is 1.06 bits per heavy atom. The summed E-state index contributed by atoms with van der Waals surface area (Å²) in [5.41, 5.74) is 1.11. The highest BCUT2D eigenvalue weighted by Gasteiger charge is 2.08. The van der Waals surface area contributed by atoms with E-state index in [-0.39, 0.29) is 23.9 Å². The van der Waals surface area contributed by atoms with Crippen LogP contribution < -0.4 is 5.32 Å². The van der Waals surface area contributed by atoms with Crippen molar-refractivity contribution in [1.82, 2.24) is 0 Å². The molecule has 1 amide bonds. The minimum atomic E-state index is -0.207. The molecule has 0 aliphatic carbocycles. The van der Waals surface area contributed by atoms with Gasteiger partial charge >= 0.3 is 0 Å². The second kappa shape index (κ2) is 5.21. The molecular formula is C12H13NO3. The molecule has 0 aliphatic heterocycles. The van der Waals surface area contributed by atoms with Crippen molar-refractivity contribution in [3.05, 3.63) is 29.8 Å². The topological polar surface area (TPSA) is 63.2 Å². The summed E-state index contributed by atoms with van der Waals surface area (Å²) in [6.07, 6.45) is -0.0838. The molecule has 84 valence electrons. The lowest BCUT2D eigenvalue weighted by molar-refractivity contribution is -0.116. The Hall–Kier alpha value is -1.97. The van der Waals surface area contributed by atoms with Crippen LogP contribution in [0.25, 0.3) is 0 Å². The maximum atomic E-state index is 11.5. The zero-order chi connectivity index (χ0) is 12.1. The normalized spacial score (nSPS) is 9.62. The van der Waals surface area contributed by atoms with E-state index in [4.69, 9.17) is 0 Å². The number of nitrogens with one attached hydrogen (secondary N) is 1. The van der Waals surface area contributed by atoms with Crippen molar-refractivity contribution in [2.45, 2.75) is 20.3 Å². The number of rotatable bonds is 4. The molecule has 0 spiro atoms. The first-order valence-electron chi connectivity index (χ1n) is 4.89. The molecule has 0 unspecified atom stereocenters. The highest BCUT2D eigenvalue weighted by molar-refractivity contribution is 6.07. The monoisotopic (exact) mass is 219 g/mol. The summed E-state index contributed by atoms with van der Waals surface area (Å²) in [7, 11) is 0. The average molecular weight is 219 g/mol. The molecular weight excluding hydrogens is 206 g/mol. The Balaban J connectivity index is 2.74. The number of hydrogen-bond acceptors (Lipinski definition) is 3. The predicted molar refractivity (Wildman–Crippen MR) is 60.4 cm³/mol. The third-order valence-corrected chi connectivity index (χ3v) is 1.94. The summed E-state index contributed by atoms with van der Waals surface area (Å²) in [5.74, 6) is -0.527. The van der Waals surface area contributed by atoms with E-state index in [1.54, 1.807) is 24.3 Å². The van der Waals surface area contributed by atoms with Crippen LogP contribution in [0.15, 0.2) is 24.3 Å². The number of Topliss-reactive ketones (excluding diaryl/α,β-unsaturated/α-hetero) is 2. The first-order valence-corrected chi connectivity index (χ1v) is 4.89. The largest absolute Gasteiger partial charge is 0.326 e. The van der Waals surface area contributed by atoms with Crippen molar-refractivity contribution >= 4 is 23.2 Å². The summed E-state index contributed by atoms with van der Waals surface area (Å²) in [4.78, 5) is 33.0. The molecule has 0 atom stereocenters. The van der Waals surface area contributed by atoms with Crippen LogP contribution in [0.1, 0.15) is 30.6 Å². The molecule has 0 aliphatic rings. The molecule has 0 saturated carbocycles. The van der Waals surface area contributed by atoms with Crippen LogP contribution in [0, 0.1) is 0 Å². The predicted octanol–water partition coefficient (Wildman–Crippen LogP) is 1.81. The molecule has 16 heavy (non-hydrogen) atoms. The van der Waals surface area contributed by atoms with Gasteiger partial charge < -0.3 is 5.32 Å². The van der Waals surface area contributed by atoms with Crippen molar-refractivity contribution < 1.29 is 14.4 Å². The molecule has 0 radical (unpaired) electrons. The van der Waals surface area contributed by atoms with Crippen LogP contribution in [0.4, 0.5) is 5.69 Å². The van der Waals surface area contributed by atoms with Crippen molar-refractivity contribution in [3.8, 4) is 0 Å². The van der Waals surface area contributed by atoms with Crippen LogP contribution in [0.3, 0.4) is 0 Å². The zero-order valence-corrected chi connectivity index (χ0v) is 9.24. The lowest BCUT2D eigenvalue weighted by atomic mass is 10.1. The number of benzene rings is 1. The maximum absolute atomic E-state index is 11.5. The molecule has 0 fully saturated rings. The van der Waals surface area contributed by atoms with Gasteiger partial charge in [0.1, 0.15) is 5.78 Å². The van der Waals surface area contributed by atoms with Gasteiger partial charge in [0.15, 0.2) is 5.78 Å². The molecule has 0 saturated heterocycles. The van der Waals surface area contributed by atoms with E-state index in [9.17, 15) is 14.4 Å². The average Bonchev–Trinajstić information content (AvgIpc) is 2.16. The number of hydrogen-bond donors (Lipinski definition) is 1. The number of ketones is 2. The van der Waals surface area contributed by atoms with E-state index in [1.165, 1.54) is 13.8 Å². The molecule has 1 aromatic carbocycles. The summed E-state index contributed by atoms with van der Waals surface area (Å²) >= 11 is 0. The minimum Gasteiger partial charge on any atom is -0.326 e. The van der Waals surface area contributed by atoms with Gasteiger partial charge in [-0.3, -0.25) is 14.4 Å². The number of anilines is 1. The zero-order valence-electron chi connectivity index (χ0n) is 9.24. The number of carbonyl (C=O) groups is 3. The summed E-state index contributed by atoms with van der Waals surface area (Å²) in [6.45, 7) is 2.79. The Kier molecular flexibility index (Phi) is 3.94. The smallest absolute Gasteiger partial charge is 0.221 e. The Labute approximate surface area is 93.7 Å². The van der Waals surface area contributed by atoms with Gasteiger partial charge in [0.25, 0.3) is 0 Å². The van der Waals surface area contributed by atoms with Crippen molar-refractivity contribution in [3.63, 3.8) is 0 Å². The fourth-order valence-electron chi connectivity index (χ4n) is 1.27. The highest BCUT2D eigenvalue weighted by atomic mass is 16.2. The molecule has 4 heteroatoms. The lowest BCUT2D eigenvalue weighted by Crippen LogP contribution is -2.07. The van der Waals surface area contributed by atoms with Gasteiger partial charge in [-0.05, 0) is 31.2 Å². The first-order chi connectivity index (χ1) is 7.49. The van der Waals surface area contributed by atoms with Crippen molar-refractivity contribution in [2.75, 3.05) is 5.32 Å². The van der Waals surface area contributed by atoms with E-state index >= 15 is 0 Å². The van der Waals surface area contributed by atoms with Crippen LogP contribution in [0.2, 0.25) is 0 Å². The van der Waals surface area contributed by atoms with Gasteiger partial charge in [0.05, 0.1) is 6.42 Å². The minimum absolute atomic E-state index is 0.0838. The molecule has 0 bridgehead atoms. The van der Waals surface area contributed by atoms with Crippen LogP contribution in [0.5, 0.6) is 0 Å². The van der Waals surface area contributed by atoms with E-state index in [0.717, 1.165) is 0 Å². The standard InChI is InChI=1S/C12H13NO3/c1-8(14)7-12(16)10-3-5-11(6-4-10)13-9(2)15/h3-6H,7H2,1-2H3,(H,13,15). The van der Waals surface area contributed by atoms with Gasteiger partial charge in [-0.1, -0.05) is 0 Å². The molecule has 4 nitrogen and oxygen atoms in total. The van der Waals surface area contributed by atoms with Gasteiger partial charge in [0.2, 0.25) is 5.91 Å². The van der Waals surface area contributed by atoms with Crippen molar-refractivity contribution in [2.24, 2.45) is 0 Å². The van der Waals surface area contributed by atoms with Crippen LogP contribution in [-0.4, -0.2) is 17.5 Å². The second-order valence-corrected chi connectivity index (χ2v) is 3.56. The fourth-order valence-corrected chi connectivity index (χ4v) is 1.27. The Morgan fingerprint density at radius 2 is 1.62 bits per heavy atom. The van der Waals surface area contributed by atoms with E-state index in [0.29, 0.717) is 11.3 Å². The van der Waals surface area contributed by atoms with E-state index in [2.05, 4.69) is 5.32 Å². The SMILES string of the molecule is CC(=O)CC(=O)c1ccc(NC(C)=O)cc1. The molecule has 1 rings (SSSR count). The summed E-state index contributed by atoms with van der Waals surface area (Å²) < 4.78 is 0. The van der Waals surface area contributed by atoms with E-state index in [1.807, 2.05) is 0 Å². The number of carbonyl (C=O) groups excluding carboxylic acids is 3. The van der Waals surface area contributed by atoms with Crippen LogP contribution in [-0.2, 0) is 9.59 Å².